The maximum Gasteiger partial charge on any atom is 0.426 e. The van der Waals surface area contributed by atoms with Gasteiger partial charge in [-0.05, 0) is 35.1 Å². The van der Waals surface area contributed by atoms with E-state index in [4.69, 9.17) is 9.84 Å². The molecule has 2 aromatic carbocycles. The van der Waals surface area contributed by atoms with Gasteiger partial charge in [-0.2, -0.15) is 0 Å². The number of hydrogen-bond donors (Lipinski definition) is 4. The Morgan fingerprint density at radius 1 is 0.943 bits per heavy atom. The third-order valence-electron chi connectivity index (χ3n) is 5.55. The van der Waals surface area contributed by atoms with Crippen LogP contribution in [0, 0.1) is 0 Å². The lowest BCUT2D eigenvalue weighted by Crippen LogP contribution is -2.53. The average Bonchev–Trinajstić information content (AvgIpc) is 3.18. The van der Waals surface area contributed by atoms with Crippen LogP contribution < -0.4 is 16.2 Å². The molecule has 4 N–H and O–H groups in total. The summed E-state index contributed by atoms with van der Waals surface area (Å²) >= 11 is 0. The second kappa shape index (κ2) is 11.6. The topological polar surface area (TPSA) is 160 Å². The van der Waals surface area contributed by atoms with E-state index in [0.29, 0.717) is 0 Å². The fourth-order valence-electron chi connectivity index (χ4n) is 3.88. The average molecular weight is 483 g/mol. The van der Waals surface area contributed by atoms with Gasteiger partial charge in [0.25, 0.3) is 5.91 Å². The highest BCUT2D eigenvalue weighted by Gasteiger charge is 2.29. The molecule has 0 spiro atoms. The lowest BCUT2D eigenvalue weighted by atomic mass is 9.98. The van der Waals surface area contributed by atoms with E-state index in [1.807, 2.05) is 53.8 Å². The molecule has 0 radical (unpaired) electrons. The normalized spacial score (nSPS) is 12.5. The van der Waals surface area contributed by atoms with Gasteiger partial charge >= 0.3 is 23.9 Å². The van der Waals surface area contributed by atoms with Crippen molar-refractivity contribution in [3.8, 4) is 11.1 Å². The monoisotopic (exact) mass is 483 g/mol. The lowest BCUT2D eigenvalue weighted by Gasteiger charge is -2.18. The van der Waals surface area contributed by atoms with Crippen molar-refractivity contribution >= 4 is 29.8 Å². The number of esters is 1. The molecule has 1 aliphatic rings. The van der Waals surface area contributed by atoms with E-state index in [1.54, 1.807) is 0 Å². The van der Waals surface area contributed by atoms with Gasteiger partial charge in [-0.15, -0.1) is 0 Å². The predicted molar refractivity (Wildman–Crippen MR) is 122 cm³/mol. The van der Waals surface area contributed by atoms with E-state index < -0.39 is 35.9 Å². The first-order chi connectivity index (χ1) is 16.8. The molecule has 2 aromatic rings. The number of carboxylic acid groups (broad SMARTS) is 1. The van der Waals surface area contributed by atoms with Crippen molar-refractivity contribution < 1.29 is 38.6 Å². The standard InChI is InChI=1S/C24H25N3O8/c1-34-20(28)12-6-11-19(25-22(30)23(31)32)21(29)26-27-24(33)35-13-18-16-9-4-2-7-14(16)15-8-3-5-10-17(15)18/h2-5,7-10,18-19H,6,11-13H2,1H3,(H,25,30)(H,26,29)(H,27,33)(H,31,32). The van der Waals surface area contributed by atoms with Gasteiger partial charge in [0, 0.05) is 12.3 Å². The van der Waals surface area contributed by atoms with Gasteiger partial charge in [0.15, 0.2) is 0 Å². The highest BCUT2D eigenvalue weighted by Crippen LogP contribution is 2.44. The van der Waals surface area contributed by atoms with Crippen molar-refractivity contribution in [2.45, 2.75) is 31.2 Å². The SMILES string of the molecule is COC(=O)CCCC(NC(=O)C(=O)O)C(=O)NNC(=O)OCC1c2ccccc2-c2ccccc21. The van der Waals surface area contributed by atoms with E-state index in [0.717, 1.165) is 22.3 Å². The Morgan fingerprint density at radius 2 is 1.54 bits per heavy atom. The van der Waals surface area contributed by atoms with E-state index in [9.17, 15) is 24.0 Å². The maximum absolute atomic E-state index is 12.4. The summed E-state index contributed by atoms with van der Waals surface area (Å²) in [7, 11) is 1.21. The van der Waals surface area contributed by atoms with Crippen LogP contribution in [0.15, 0.2) is 48.5 Å². The molecule has 11 nitrogen and oxygen atoms in total. The summed E-state index contributed by atoms with van der Waals surface area (Å²) in [6.07, 6.45) is -0.900. The van der Waals surface area contributed by atoms with Crippen LogP contribution in [0.2, 0.25) is 0 Å². The van der Waals surface area contributed by atoms with E-state index >= 15 is 0 Å². The largest absolute Gasteiger partial charge is 0.474 e. The molecule has 3 amide bonds. The number of ether oxygens (including phenoxy) is 2. The van der Waals surface area contributed by atoms with Crippen LogP contribution in [0.5, 0.6) is 0 Å². The van der Waals surface area contributed by atoms with Crippen molar-refractivity contribution in [2.75, 3.05) is 13.7 Å². The summed E-state index contributed by atoms with van der Waals surface area (Å²) in [6.45, 7) is 0.0219. The molecular weight excluding hydrogens is 458 g/mol. The van der Waals surface area contributed by atoms with Gasteiger partial charge in [0.2, 0.25) is 0 Å². The Morgan fingerprint density at radius 3 is 2.11 bits per heavy atom. The van der Waals surface area contributed by atoms with Crippen LogP contribution in [0.25, 0.3) is 11.1 Å². The van der Waals surface area contributed by atoms with Crippen LogP contribution in [0.1, 0.15) is 36.3 Å². The number of fused-ring (bicyclic) bond motifs is 3. The number of rotatable bonds is 8. The van der Waals surface area contributed by atoms with E-state index in [-0.39, 0.29) is 31.8 Å². The second-order valence-corrected chi connectivity index (χ2v) is 7.74. The van der Waals surface area contributed by atoms with Gasteiger partial charge in [-0.3, -0.25) is 19.8 Å². The molecule has 0 heterocycles. The van der Waals surface area contributed by atoms with Crippen LogP contribution in [0.4, 0.5) is 4.79 Å². The molecule has 0 bridgehead atoms. The number of carboxylic acids is 1. The maximum atomic E-state index is 12.4. The number of amides is 3. The predicted octanol–water partition coefficient (Wildman–Crippen LogP) is 1.47. The number of benzene rings is 2. The minimum absolute atomic E-state index is 0.0219. The number of carbonyl (C=O) groups excluding carboxylic acids is 4. The zero-order chi connectivity index (χ0) is 25.4. The molecule has 0 saturated carbocycles. The number of hydrogen-bond acceptors (Lipinski definition) is 7. The number of aliphatic carboxylic acids is 1. The third-order valence-corrected chi connectivity index (χ3v) is 5.55. The summed E-state index contributed by atoms with van der Waals surface area (Å²) < 4.78 is 9.82. The van der Waals surface area contributed by atoms with E-state index in [1.165, 1.54) is 7.11 Å². The molecule has 0 saturated heterocycles. The Labute approximate surface area is 200 Å². The van der Waals surface area contributed by atoms with Crippen LogP contribution in [-0.4, -0.2) is 54.7 Å². The fraction of sp³-hybridized carbons (Fsp3) is 0.292. The zero-order valence-electron chi connectivity index (χ0n) is 18.9. The van der Waals surface area contributed by atoms with Gasteiger partial charge < -0.3 is 19.9 Å². The zero-order valence-corrected chi connectivity index (χ0v) is 18.9. The minimum Gasteiger partial charge on any atom is -0.474 e. The first-order valence-electron chi connectivity index (χ1n) is 10.8. The van der Waals surface area contributed by atoms with Crippen molar-refractivity contribution in [3.63, 3.8) is 0 Å². The molecule has 35 heavy (non-hydrogen) atoms. The number of hydrazine groups is 1. The molecule has 0 fully saturated rings. The number of nitrogens with one attached hydrogen (secondary N) is 3. The molecule has 1 unspecified atom stereocenters. The van der Waals surface area contributed by atoms with Crippen LogP contribution in [-0.2, 0) is 28.7 Å². The summed E-state index contributed by atoms with van der Waals surface area (Å²) in [5, 5.41) is 10.8. The van der Waals surface area contributed by atoms with Crippen molar-refractivity contribution in [1.29, 1.82) is 0 Å². The Kier molecular flexibility index (Phi) is 8.38. The molecule has 0 aliphatic heterocycles. The highest BCUT2D eigenvalue weighted by atomic mass is 16.6. The molecule has 1 aliphatic carbocycles. The Hall–Kier alpha value is -4.41. The third kappa shape index (κ3) is 6.34. The van der Waals surface area contributed by atoms with Gasteiger partial charge in [0.05, 0.1) is 7.11 Å². The quantitative estimate of drug-likeness (QED) is 0.249. The Bertz CT molecular complexity index is 1090. The first-order valence-corrected chi connectivity index (χ1v) is 10.8. The van der Waals surface area contributed by atoms with Gasteiger partial charge in [-0.25, -0.2) is 15.0 Å². The van der Waals surface area contributed by atoms with Gasteiger partial charge in [-0.1, -0.05) is 48.5 Å². The fourth-order valence-corrected chi connectivity index (χ4v) is 3.88. The summed E-state index contributed by atoms with van der Waals surface area (Å²) in [5.41, 5.74) is 8.37. The molecule has 184 valence electrons. The summed E-state index contributed by atoms with van der Waals surface area (Å²) in [4.78, 5) is 58.3. The second-order valence-electron chi connectivity index (χ2n) is 7.74. The molecule has 0 aromatic heterocycles. The molecular formula is C24H25N3O8. The summed E-state index contributed by atoms with van der Waals surface area (Å²) in [5.74, 6) is -4.75. The van der Waals surface area contributed by atoms with Crippen molar-refractivity contribution in [1.82, 2.24) is 16.2 Å². The number of methoxy groups -OCH3 is 1. The number of carbonyl (C=O) groups is 5. The molecule has 11 heteroatoms. The first kappa shape index (κ1) is 25.2. The molecule has 1 atom stereocenters. The van der Waals surface area contributed by atoms with Crippen molar-refractivity contribution in [2.24, 2.45) is 0 Å². The van der Waals surface area contributed by atoms with E-state index in [2.05, 4.69) is 15.6 Å². The summed E-state index contributed by atoms with van der Waals surface area (Å²) in [6, 6.07) is 14.3. The minimum atomic E-state index is -1.78. The van der Waals surface area contributed by atoms with Crippen LogP contribution in [0.3, 0.4) is 0 Å². The lowest BCUT2D eigenvalue weighted by molar-refractivity contribution is -0.151. The molecule has 3 rings (SSSR count). The van der Waals surface area contributed by atoms with Crippen molar-refractivity contribution in [3.05, 3.63) is 59.7 Å². The van der Waals surface area contributed by atoms with Crippen LogP contribution >= 0.6 is 0 Å². The van der Waals surface area contributed by atoms with Gasteiger partial charge in [0.1, 0.15) is 12.6 Å². The highest BCUT2D eigenvalue weighted by molar-refractivity contribution is 6.32. The Balaban J connectivity index is 1.55. The smallest absolute Gasteiger partial charge is 0.426 e.